The molecule has 3 aromatic rings. The topological polar surface area (TPSA) is 120 Å². The first-order valence-corrected chi connectivity index (χ1v) is 12.2. The van der Waals surface area contributed by atoms with Crippen LogP contribution in [-0.2, 0) is 19.8 Å². The average Bonchev–Trinajstić information content (AvgIpc) is 3.41. The number of carbonyl (C=O) groups is 2. The molecule has 0 aliphatic carbocycles. The number of hydrogen-bond acceptors (Lipinski definition) is 5. The maximum absolute atomic E-state index is 13.7. The van der Waals surface area contributed by atoms with Gasteiger partial charge in [0.2, 0.25) is 0 Å². The summed E-state index contributed by atoms with van der Waals surface area (Å²) in [5.74, 6) is -1.15. The van der Waals surface area contributed by atoms with Gasteiger partial charge in [-0.05, 0) is 44.5 Å². The fraction of sp³-hybridized carbons (Fsp3) is 0.360. The minimum absolute atomic E-state index is 0.0620. The average molecular weight is 552 g/mol. The smallest absolute Gasteiger partial charge is 0.352 e. The van der Waals surface area contributed by atoms with Gasteiger partial charge >= 0.3 is 6.18 Å². The molecule has 0 aliphatic rings. The summed E-state index contributed by atoms with van der Waals surface area (Å²) in [6, 6.07) is 4.39. The fourth-order valence-electron chi connectivity index (χ4n) is 3.75. The van der Waals surface area contributed by atoms with E-state index < -0.39 is 17.8 Å². The van der Waals surface area contributed by atoms with Crippen LogP contribution in [0.5, 0.6) is 0 Å². The zero-order valence-electron chi connectivity index (χ0n) is 21.0. The SMILES string of the molecule is C=C(C)Cn1cc(-c2cnc(C(=O)Nc3ccc(C(=O)NCCCCCN)c(Cl)c3)n2C)c(C(F)(F)F)n1. The van der Waals surface area contributed by atoms with E-state index in [9.17, 15) is 22.8 Å². The second-order valence-electron chi connectivity index (χ2n) is 8.82. The summed E-state index contributed by atoms with van der Waals surface area (Å²) in [6.07, 6.45) is 0.290. The highest BCUT2D eigenvalue weighted by molar-refractivity contribution is 6.34. The van der Waals surface area contributed by atoms with Gasteiger partial charge in [0, 0.05) is 25.5 Å². The van der Waals surface area contributed by atoms with Crippen LogP contribution in [0.2, 0.25) is 5.02 Å². The van der Waals surface area contributed by atoms with Crippen LogP contribution in [0, 0.1) is 0 Å². The highest BCUT2D eigenvalue weighted by atomic mass is 35.5. The lowest BCUT2D eigenvalue weighted by Crippen LogP contribution is -2.25. The summed E-state index contributed by atoms with van der Waals surface area (Å²) in [7, 11) is 1.43. The second-order valence-corrected chi connectivity index (χ2v) is 9.23. The molecule has 0 bridgehead atoms. The number of benzene rings is 1. The van der Waals surface area contributed by atoms with Crippen molar-refractivity contribution in [3.8, 4) is 11.3 Å². The van der Waals surface area contributed by atoms with Gasteiger partial charge < -0.3 is 20.9 Å². The van der Waals surface area contributed by atoms with Gasteiger partial charge in [-0.25, -0.2) is 4.98 Å². The van der Waals surface area contributed by atoms with Crippen molar-refractivity contribution in [1.29, 1.82) is 0 Å². The van der Waals surface area contributed by atoms with Crippen LogP contribution < -0.4 is 16.4 Å². The highest BCUT2D eigenvalue weighted by Gasteiger charge is 2.38. The third-order valence-corrected chi connectivity index (χ3v) is 5.88. The zero-order valence-corrected chi connectivity index (χ0v) is 21.8. The Hall–Kier alpha value is -3.64. The number of hydrogen-bond donors (Lipinski definition) is 3. The molecule has 13 heteroatoms. The van der Waals surface area contributed by atoms with Gasteiger partial charge in [-0.15, -0.1) is 0 Å². The van der Waals surface area contributed by atoms with E-state index in [-0.39, 0.29) is 45.8 Å². The molecule has 0 spiro atoms. The van der Waals surface area contributed by atoms with Crippen molar-refractivity contribution in [2.45, 2.75) is 38.9 Å². The van der Waals surface area contributed by atoms with Gasteiger partial charge in [0.05, 0.1) is 34.6 Å². The lowest BCUT2D eigenvalue weighted by atomic mass is 10.1. The van der Waals surface area contributed by atoms with Crippen molar-refractivity contribution in [2.75, 3.05) is 18.4 Å². The van der Waals surface area contributed by atoms with Crippen LogP contribution in [0.4, 0.5) is 18.9 Å². The van der Waals surface area contributed by atoms with Crippen molar-refractivity contribution < 1.29 is 22.8 Å². The first-order chi connectivity index (χ1) is 17.9. The first kappa shape index (κ1) is 28.9. The molecule has 4 N–H and O–H groups in total. The molecule has 1 aromatic carbocycles. The Kier molecular flexibility index (Phi) is 9.34. The molecule has 0 unspecified atom stereocenters. The number of unbranched alkanes of at least 4 members (excludes halogenated alkanes) is 2. The van der Waals surface area contributed by atoms with Gasteiger partial charge in [0.15, 0.2) is 11.5 Å². The molecule has 0 saturated heterocycles. The Morgan fingerprint density at radius 2 is 1.92 bits per heavy atom. The minimum Gasteiger partial charge on any atom is -0.352 e. The maximum atomic E-state index is 13.7. The first-order valence-electron chi connectivity index (χ1n) is 11.8. The van der Waals surface area contributed by atoms with Crippen LogP contribution in [0.3, 0.4) is 0 Å². The van der Waals surface area contributed by atoms with E-state index in [0.717, 1.165) is 23.9 Å². The molecule has 0 atom stereocenters. The zero-order chi connectivity index (χ0) is 28.0. The number of halogens is 4. The van der Waals surface area contributed by atoms with Crippen molar-refractivity contribution >= 4 is 29.1 Å². The molecule has 0 radical (unpaired) electrons. The summed E-state index contributed by atoms with van der Waals surface area (Å²) in [6.45, 7) is 6.57. The predicted octanol–water partition coefficient (Wildman–Crippen LogP) is 4.64. The number of imidazole rings is 1. The van der Waals surface area contributed by atoms with Crippen LogP contribution in [0.1, 0.15) is 52.9 Å². The summed E-state index contributed by atoms with van der Waals surface area (Å²) < 4.78 is 43.4. The number of alkyl halides is 3. The molecule has 2 heterocycles. The van der Waals surface area contributed by atoms with Gasteiger partial charge in [0.25, 0.3) is 11.8 Å². The highest BCUT2D eigenvalue weighted by Crippen LogP contribution is 2.36. The second kappa shape index (κ2) is 12.3. The molecule has 0 aliphatic heterocycles. The Bertz CT molecular complexity index is 1330. The number of nitrogens with one attached hydrogen (secondary N) is 2. The summed E-state index contributed by atoms with van der Waals surface area (Å²) in [4.78, 5) is 29.3. The quantitative estimate of drug-likeness (QED) is 0.237. The van der Waals surface area contributed by atoms with E-state index in [4.69, 9.17) is 17.3 Å². The molecule has 38 heavy (non-hydrogen) atoms. The number of carbonyl (C=O) groups excluding carboxylic acids is 2. The van der Waals surface area contributed by atoms with Crippen LogP contribution >= 0.6 is 11.6 Å². The van der Waals surface area contributed by atoms with Gasteiger partial charge in [0.1, 0.15) is 0 Å². The Balaban J connectivity index is 1.76. The number of nitrogens with two attached hydrogens (primary N) is 1. The van der Waals surface area contributed by atoms with E-state index in [0.29, 0.717) is 18.7 Å². The van der Waals surface area contributed by atoms with Crippen molar-refractivity contribution in [2.24, 2.45) is 12.8 Å². The largest absolute Gasteiger partial charge is 0.435 e. The number of rotatable bonds is 11. The standard InChI is InChI=1S/C25H29ClF3N7O2/c1-15(2)13-36-14-18(21(34-36)25(27,28)29)20-12-32-22(35(20)3)24(38)33-16-7-8-17(19(26)11-16)23(37)31-10-6-4-5-9-30/h7-8,11-12,14H,1,4-6,9-10,13,30H2,2-3H3,(H,31,37)(H,33,38). The van der Waals surface area contributed by atoms with Crippen molar-refractivity contribution in [3.63, 3.8) is 0 Å². The summed E-state index contributed by atoms with van der Waals surface area (Å²) in [5.41, 5.74) is 5.37. The van der Waals surface area contributed by atoms with Crippen LogP contribution in [0.15, 0.2) is 42.7 Å². The van der Waals surface area contributed by atoms with E-state index in [2.05, 4.69) is 27.3 Å². The molecule has 204 valence electrons. The monoisotopic (exact) mass is 551 g/mol. The molecular formula is C25H29ClF3N7O2. The third kappa shape index (κ3) is 7.01. The number of allylic oxidation sites excluding steroid dienone is 1. The Morgan fingerprint density at radius 1 is 1.18 bits per heavy atom. The number of nitrogens with zero attached hydrogens (tertiary/aromatic N) is 4. The molecule has 2 aromatic heterocycles. The Labute approximate surface area is 222 Å². The third-order valence-electron chi connectivity index (χ3n) is 5.57. The molecule has 3 rings (SSSR count). The normalized spacial score (nSPS) is 11.4. The van der Waals surface area contributed by atoms with Gasteiger partial charge in [-0.1, -0.05) is 30.2 Å². The molecule has 9 nitrogen and oxygen atoms in total. The van der Waals surface area contributed by atoms with E-state index in [1.165, 1.54) is 42.2 Å². The van der Waals surface area contributed by atoms with Crippen LogP contribution in [0.25, 0.3) is 11.3 Å². The number of amides is 2. The molecule has 2 amide bonds. The fourth-order valence-corrected chi connectivity index (χ4v) is 4.02. The van der Waals surface area contributed by atoms with Crippen molar-refractivity contribution in [3.05, 3.63) is 64.8 Å². The van der Waals surface area contributed by atoms with E-state index >= 15 is 0 Å². The maximum Gasteiger partial charge on any atom is 0.435 e. The molecular weight excluding hydrogens is 523 g/mol. The summed E-state index contributed by atoms with van der Waals surface area (Å²) in [5, 5.41) is 9.18. The molecule has 0 saturated carbocycles. The predicted molar refractivity (Wildman–Crippen MR) is 139 cm³/mol. The summed E-state index contributed by atoms with van der Waals surface area (Å²) >= 11 is 6.26. The lowest BCUT2D eigenvalue weighted by molar-refractivity contribution is -0.141. The van der Waals surface area contributed by atoms with E-state index in [1.54, 1.807) is 6.92 Å². The molecule has 0 fully saturated rings. The lowest BCUT2D eigenvalue weighted by Gasteiger charge is -2.10. The van der Waals surface area contributed by atoms with Gasteiger partial charge in [-0.3, -0.25) is 14.3 Å². The van der Waals surface area contributed by atoms with E-state index in [1.807, 2.05) is 0 Å². The number of aromatic nitrogens is 4. The van der Waals surface area contributed by atoms with Gasteiger partial charge in [-0.2, -0.15) is 18.3 Å². The number of anilines is 1. The minimum atomic E-state index is -4.71. The Morgan fingerprint density at radius 3 is 2.55 bits per heavy atom. The van der Waals surface area contributed by atoms with Crippen LogP contribution in [-0.4, -0.2) is 44.2 Å². The van der Waals surface area contributed by atoms with Crippen molar-refractivity contribution in [1.82, 2.24) is 24.6 Å².